The Morgan fingerprint density at radius 1 is 0.811 bits per heavy atom. The van der Waals surface area contributed by atoms with Crippen molar-refractivity contribution < 1.29 is 39.2 Å². The van der Waals surface area contributed by atoms with Gasteiger partial charge in [-0.05, 0) is 16.5 Å². The van der Waals surface area contributed by atoms with Crippen molar-refractivity contribution in [1.29, 1.82) is 0 Å². The fraction of sp³-hybridized carbons (Fsp3) is 0.625. The molecule has 0 heterocycles. The lowest BCUT2D eigenvalue weighted by molar-refractivity contribution is -0.139. The molecule has 0 saturated heterocycles. The summed E-state index contributed by atoms with van der Waals surface area (Å²) in [4.78, 5) is 46.8. The van der Waals surface area contributed by atoms with Gasteiger partial charge in [-0.25, -0.2) is 0 Å². The second-order valence-electron chi connectivity index (χ2n) is 10.0. The van der Waals surface area contributed by atoms with Gasteiger partial charge >= 0.3 is 17.9 Å². The van der Waals surface area contributed by atoms with Gasteiger partial charge in [-0.1, -0.05) is 45.0 Å². The Kier molecular flexibility index (Phi) is 14.0. The molecule has 210 valence electrons. The standard InChI is InChI=1S/C24H41N4O8P/c1-24(2,3)20-6-4-19(5-7-20)17-37(35,36)18-28(11-9-26-15-22(31)32)13-12-27(16-23(33)34)10-8-25-14-21(29)30/h4-7,25-26H,8-18H2,1-3H3,(H,29,30)(H,31,32)(H,33,34)(H,35,36). The predicted molar refractivity (Wildman–Crippen MR) is 140 cm³/mol. The van der Waals surface area contributed by atoms with E-state index in [0.717, 1.165) is 11.1 Å². The van der Waals surface area contributed by atoms with Crippen molar-refractivity contribution in [3.05, 3.63) is 35.4 Å². The number of carboxylic acids is 3. The van der Waals surface area contributed by atoms with Crippen LogP contribution in [-0.2, 0) is 30.5 Å². The van der Waals surface area contributed by atoms with E-state index in [4.69, 9.17) is 10.2 Å². The SMILES string of the molecule is CC(C)(C)c1ccc(CP(=O)(O)CN(CCNCC(=O)O)CCN(CCNCC(=O)O)CC(=O)O)cc1. The minimum atomic E-state index is -3.65. The molecule has 1 atom stereocenters. The fourth-order valence-corrected chi connectivity index (χ4v) is 5.41. The van der Waals surface area contributed by atoms with Crippen LogP contribution in [0.25, 0.3) is 0 Å². The van der Waals surface area contributed by atoms with E-state index in [0.29, 0.717) is 6.54 Å². The molecule has 0 amide bonds. The zero-order valence-electron chi connectivity index (χ0n) is 21.9. The number of aliphatic carboxylic acids is 3. The van der Waals surface area contributed by atoms with Gasteiger partial charge in [0.25, 0.3) is 0 Å². The van der Waals surface area contributed by atoms with E-state index in [1.165, 1.54) is 0 Å². The molecule has 0 radical (unpaired) electrons. The maximum atomic E-state index is 13.1. The maximum Gasteiger partial charge on any atom is 0.317 e. The van der Waals surface area contributed by atoms with Crippen LogP contribution in [0, 0.1) is 0 Å². The van der Waals surface area contributed by atoms with Crippen LogP contribution in [0.3, 0.4) is 0 Å². The van der Waals surface area contributed by atoms with Crippen LogP contribution in [0.2, 0.25) is 0 Å². The van der Waals surface area contributed by atoms with E-state index in [2.05, 4.69) is 31.4 Å². The first kappa shape index (κ1) is 32.7. The molecule has 0 aromatic heterocycles. The molecule has 0 aliphatic heterocycles. The number of hydrogen-bond donors (Lipinski definition) is 6. The molecule has 12 nitrogen and oxygen atoms in total. The van der Waals surface area contributed by atoms with Gasteiger partial charge in [-0.15, -0.1) is 0 Å². The van der Waals surface area contributed by atoms with Crippen LogP contribution in [0.5, 0.6) is 0 Å². The van der Waals surface area contributed by atoms with E-state index in [1.807, 2.05) is 24.3 Å². The third-order valence-electron chi connectivity index (χ3n) is 5.52. The second-order valence-corrected chi connectivity index (χ2v) is 12.3. The molecule has 1 aromatic carbocycles. The summed E-state index contributed by atoms with van der Waals surface area (Å²) in [5.41, 5.74) is 1.82. The summed E-state index contributed by atoms with van der Waals surface area (Å²) in [6.07, 6.45) is -0.157. The molecule has 0 aliphatic carbocycles. The minimum Gasteiger partial charge on any atom is -0.480 e. The first-order valence-corrected chi connectivity index (χ1v) is 14.1. The van der Waals surface area contributed by atoms with Crippen molar-refractivity contribution >= 4 is 25.3 Å². The molecule has 0 fully saturated rings. The van der Waals surface area contributed by atoms with Gasteiger partial charge in [0.2, 0.25) is 7.37 Å². The lowest BCUT2D eigenvalue weighted by Gasteiger charge is -2.28. The summed E-state index contributed by atoms with van der Waals surface area (Å²) in [6, 6.07) is 7.60. The van der Waals surface area contributed by atoms with Gasteiger partial charge in [-0.2, -0.15) is 0 Å². The van der Waals surface area contributed by atoms with Gasteiger partial charge in [-0.3, -0.25) is 28.7 Å². The summed E-state index contributed by atoms with van der Waals surface area (Å²) >= 11 is 0. The van der Waals surface area contributed by atoms with Gasteiger partial charge in [0, 0.05) is 39.3 Å². The topological polar surface area (TPSA) is 180 Å². The van der Waals surface area contributed by atoms with Crippen molar-refractivity contribution in [1.82, 2.24) is 20.4 Å². The summed E-state index contributed by atoms with van der Waals surface area (Å²) in [7, 11) is -3.65. The lowest BCUT2D eigenvalue weighted by atomic mass is 9.87. The second kappa shape index (κ2) is 15.8. The molecule has 37 heavy (non-hydrogen) atoms. The lowest BCUT2D eigenvalue weighted by Crippen LogP contribution is -2.43. The Labute approximate surface area is 218 Å². The number of carbonyl (C=O) groups is 3. The molecule has 0 spiro atoms. The predicted octanol–water partition coefficient (Wildman–Crippen LogP) is 0.749. The van der Waals surface area contributed by atoms with Crippen LogP contribution >= 0.6 is 7.37 Å². The molecule has 1 unspecified atom stereocenters. The summed E-state index contributed by atoms with van der Waals surface area (Å²) in [6.45, 7) is 7.15. The average molecular weight is 545 g/mol. The van der Waals surface area contributed by atoms with E-state index >= 15 is 0 Å². The molecular formula is C24H41N4O8P. The highest BCUT2D eigenvalue weighted by molar-refractivity contribution is 7.57. The largest absolute Gasteiger partial charge is 0.480 e. The smallest absolute Gasteiger partial charge is 0.317 e. The Morgan fingerprint density at radius 3 is 1.76 bits per heavy atom. The highest BCUT2D eigenvalue weighted by atomic mass is 31.2. The van der Waals surface area contributed by atoms with Crippen LogP contribution < -0.4 is 10.6 Å². The number of hydrogen-bond acceptors (Lipinski definition) is 8. The first-order valence-electron chi connectivity index (χ1n) is 12.1. The normalized spacial score (nSPS) is 13.6. The van der Waals surface area contributed by atoms with Gasteiger partial charge in [0.15, 0.2) is 0 Å². The number of nitrogens with zero attached hydrogens (tertiary/aromatic N) is 2. The number of rotatable bonds is 19. The molecular weight excluding hydrogens is 503 g/mol. The van der Waals surface area contributed by atoms with E-state index in [9.17, 15) is 28.9 Å². The molecule has 13 heteroatoms. The Bertz CT molecular complexity index is 920. The van der Waals surface area contributed by atoms with Crippen molar-refractivity contribution in [2.45, 2.75) is 32.3 Å². The quantitative estimate of drug-likeness (QED) is 0.106. The highest BCUT2D eigenvalue weighted by Crippen LogP contribution is 2.45. The average Bonchev–Trinajstić information content (AvgIpc) is 2.76. The first-order chi connectivity index (χ1) is 17.2. The van der Waals surface area contributed by atoms with Crippen molar-refractivity contribution in [3.63, 3.8) is 0 Å². The Hall–Kier alpha value is -2.34. The summed E-state index contributed by atoms with van der Waals surface area (Å²) in [5.74, 6) is -3.07. The van der Waals surface area contributed by atoms with Crippen LogP contribution in [0.4, 0.5) is 0 Å². The molecule has 0 bridgehead atoms. The van der Waals surface area contributed by atoms with Gasteiger partial charge in [0.05, 0.1) is 32.1 Å². The zero-order chi connectivity index (χ0) is 28.1. The van der Waals surface area contributed by atoms with Crippen molar-refractivity contribution in [2.75, 3.05) is 65.2 Å². The van der Waals surface area contributed by atoms with E-state index in [1.54, 1.807) is 9.80 Å². The van der Waals surface area contributed by atoms with E-state index < -0.39 is 25.3 Å². The van der Waals surface area contributed by atoms with E-state index in [-0.39, 0.29) is 70.2 Å². The van der Waals surface area contributed by atoms with Crippen molar-refractivity contribution in [2.24, 2.45) is 0 Å². The monoisotopic (exact) mass is 544 g/mol. The highest BCUT2D eigenvalue weighted by Gasteiger charge is 2.24. The summed E-state index contributed by atoms with van der Waals surface area (Å²) < 4.78 is 13.1. The number of nitrogens with one attached hydrogen (secondary N) is 2. The zero-order valence-corrected chi connectivity index (χ0v) is 22.7. The number of benzene rings is 1. The van der Waals surface area contributed by atoms with Gasteiger partial charge in [0.1, 0.15) is 0 Å². The van der Waals surface area contributed by atoms with Gasteiger partial charge < -0.3 is 30.8 Å². The molecule has 0 saturated carbocycles. The summed E-state index contributed by atoms with van der Waals surface area (Å²) in [5, 5.41) is 32.2. The molecule has 1 aromatic rings. The molecule has 0 aliphatic rings. The fourth-order valence-electron chi connectivity index (χ4n) is 3.62. The third-order valence-corrected chi connectivity index (χ3v) is 7.23. The molecule has 6 N–H and O–H groups in total. The minimum absolute atomic E-state index is 0.0194. The van der Waals surface area contributed by atoms with Crippen LogP contribution in [0.15, 0.2) is 24.3 Å². The van der Waals surface area contributed by atoms with Crippen molar-refractivity contribution in [3.8, 4) is 0 Å². The Morgan fingerprint density at radius 2 is 1.30 bits per heavy atom. The van der Waals surface area contributed by atoms with Crippen LogP contribution in [0.1, 0.15) is 31.9 Å². The van der Waals surface area contributed by atoms with Crippen LogP contribution in [-0.4, -0.2) is 113 Å². The third kappa shape index (κ3) is 15.5. The number of carboxylic acid groups (broad SMARTS) is 3. The molecule has 1 rings (SSSR count). The maximum absolute atomic E-state index is 13.1. The Balaban J connectivity index is 2.83.